The summed E-state index contributed by atoms with van der Waals surface area (Å²) in [5.74, 6) is 0.656. The van der Waals surface area contributed by atoms with Crippen molar-refractivity contribution in [2.24, 2.45) is 11.7 Å². The largest absolute Gasteiger partial charge is 0.324 e. The molecule has 1 aromatic carbocycles. The highest BCUT2D eigenvalue weighted by Gasteiger charge is 2.23. The van der Waals surface area contributed by atoms with Gasteiger partial charge in [-0.2, -0.15) is 0 Å². The fourth-order valence-corrected chi connectivity index (χ4v) is 2.59. The third-order valence-corrected chi connectivity index (χ3v) is 3.90. The molecule has 1 aliphatic rings. The Balaban J connectivity index is 2.17. The molecule has 0 bridgehead atoms. The van der Waals surface area contributed by atoms with Crippen LogP contribution in [0.4, 0.5) is 0 Å². The van der Waals surface area contributed by atoms with E-state index < -0.39 is 0 Å². The Morgan fingerprint density at radius 3 is 2.60 bits per heavy atom. The third kappa shape index (κ3) is 2.35. The Morgan fingerprint density at radius 2 is 2.00 bits per heavy atom. The van der Waals surface area contributed by atoms with Crippen LogP contribution in [0.15, 0.2) is 18.2 Å². The van der Waals surface area contributed by atoms with E-state index >= 15 is 0 Å². The Labute approximate surface area is 96.6 Å². The van der Waals surface area contributed by atoms with Crippen molar-refractivity contribution in [2.75, 3.05) is 0 Å². The van der Waals surface area contributed by atoms with Gasteiger partial charge in [0, 0.05) is 11.1 Å². The number of hydrogen-bond acceptors (Lipinski definition) is 1. The van der Waals surface area contributed by atoms with Gasteiger partial charge in [0.25, 0.3) is 0 Å². The van der Waals surface area contributed by atoms with E-state index in [1.807, 2.05) is 13.0 Å². The first-order valence-corrected chi connectivity index (χ1v) is 6.08. The van der Waals surface area contributed by atoms with Crippen molar-refractivity contribution in [3.8, 4) is 0 Å². The van der Waals surface area contributed by atoms with Crippen LogP contribution >= 0.6 is 11.6 Å². The topological polar surface area (TPSA) is 26.0 Å². The zero-order valence-corrected chi connectivity index (χ0v) is 9.93. The molecule has 0 heterocycles. The second-order valence-electron chi connectivity index (χ2n) is 4.58. The summed E-state index contributed by atoms with van der Waals surface area (Å²) in [5, 5.41) is 0.834. The van der Waals surface area contributed by atoms with Crippen LogP contribution in [0.3, 0.4) is 0 Å². The minimum absolute atomic E-state index is 0.172. The molecule has 1 aromatic rings. The molecule has 2 N–H and O–H groups in total. The van der Waals surface area contributed by atoms with Gasteiger partial charge in [0.15, 0.2) is 0 Å². The fraction of sp³-hybridized carbons (Fsp3) is 0.538. The lowest BCUT2D eigenvalue weighted by atomic mass is 9.92. The van der Waals surface area contributed by atoms with Gasteiger partial charge in [-0.05, 0) is 42.9 Å². The van der Waals surface area contributed by atoms with E-state index in [1.54, 1.807) is 0 Å². The predicted octanol–water partition coefficient (Wildman–Crippen LogP) is 3.84. The molecule has 1 atom stereocenters. The maximum atomic E-state index is 6.26. The van der Waals surface area contributed by atoms with Crippen LogP contribution in [0, 0.1) is 12.8 Å². The fourth-order valence-electron chi connectivity index (χ4n) is 2.41. The number of hydrogen-bond donors (Lipinski definition) is 1. The molecule has 1 aliphatic carbocycles. The summed E-state index contributed by atoms with van der Waals surface area (Å²) in [6.07, 6.45) is 5.20. The summed E-state index contributed by atoms with van der Waals surface area (Å²) >= 11 is 6.11. The zero-order chi connectivity index (χ0) is 10.8. The third-order valence-electron chi connectivity index (χ3n) is 3.49. The average Bonchev–Trinajstić information content (AvgIpc) is 2.74. The van der Waals surface area contributed by atoms with Gasteiger partial charge in [0.2, 0.25) is 0 Å². The maximum Gasteiger partial charge on any atom is 0.0438 e. The van der Waals surface area contributed by atoms with Crippen molar-refractivity contribution in [2.45, 2.75) is 38.6 Å². The molecule has 0 radical (unpaired) electrons. The number of aryl methyl sites for hydroxylation is 1. The Morgan fingerprint density at radius 1 is 1.33 bits per heavy atom. The van der Waals surface area contributed by atoms with Crippen molar-refractivity contribution >= 4 is 11.6 Å². The summed E-state index contributed by atoms with van der Waals surface area (Å²) < 4.78 is 0. The van der Waals surface area contributed by atoms with E-state index in [2.05, 4.69) is 12.1 Å². The maximum absolute atomic E-state index is 6.26. The van der Waals surface area contributed by atoms with Gasteiger partial charge in [0.05, 0.1) is 0 Å². The Kier molecular flexibility index (Phi) is 3.32. The highest BCUT2D eigenvalue weighted by Crippen LogP contribution is 2.35. The molecule has 15 heavy (non-hydrogen) atoms. The monoisotopic (exact) mass is 223 g/mol. The van der Waals surface area contributed by atoms with E-state index in [1.165, 1.54) is 31.2 Å². The van der Waals surface area contributed by atoms with Gasteiger partial charge in [-0.25, -0.2) is 0 Å². The van der Waals surface area contributed by atoms with Crippen molar-refractivity contribution in [1.29, 1.82) is 0 Å². The quantitative estimate of drug-likeness (QED) is 0.810. The van der Waals surface area contributed by atoms with Gasteiger partial charge < -0.3 is 5.73 Å². The molecule has 0 aromatic heterocycles. The molecule has 82 valence electrons. The minimum atomic E-state index is 0.172. The first kappa shape index (κ1) is 11.0. The van der Waals surface area contributed by atoms with Crippen molar-refractivity contribution in [3.05, 3.63) is 34.3 Å². The minimum Gasteiger partial charge on any atom is -0.324 e. The van der Waals surface area contributed by atoms with Crippen LogP contribution in [0.25, 0.3) is 0 Å². The number of benzene rings is 1. The molecule has 0 saturated heterocycles. The highest BCUT2D eigenvalue weighted by atomic mass is 35.5. The zero-order valence-electron chi connectivity index (χ0n) is 9.17. The molecule has 1 saturated carbocycles. The van der Waals surface area contributed by atoms with Crippen LogP contribution in [0.1, 0.15) is 42.9 Å². The molecule has 0 amide bonds. The van der Waals surface area contributed by atoms with E-state index in [0.717, 1.165) is 10.6 Å². The molecule has 2 heteroatoms. The lowest BCUT2D eigenvalue weighted by Crippen LogP contribution is -2.19. The van der Waals surface area contributed by atoms with Gasteiger partial charge in [-0.15, -0.1) is 0 Å². The van der Waals surface area contributed by atoms with Gasteiger partial charge in [-0.3, -0.25) is 0 Å². The smallest absolute Gasteiger partial charge is 0.0438 e. The lowest BCUT2D eigenvalue weighted by molar-refractivity contribution is 0.445. The SMILES string of the molecule is Cc1ccc(C(N)C2CCCC2)cc1Cl. The van der Waals surface area contributed by atoms with Crippen LogP contribution in [-0.4, -0.2) is 0 Å². The summed E-state index contributed by atoms with van der Waals surface area (Å²) in [4.78, 5) is 0. The lowest BCUT2D eigenvalue weighted by Gasteiger charge is -2.19. The van der Waals surface area contributed by atoms with Crippen molar-refractivity contribution in [1.82, 2.24) is 0 Å². The van der Waals surface area contributed by atoms with Gasteiger partial charge >= 0.3 is 0 Å². The summed E-state index contributed by atoms with van der Waals surface area (Å²) in [6, 6.07) is 6.38. The first-order valence-electron chi connectivity index (χ1n) is 5.70. The Hall–Kier alpha value is -0.530. The van der Waals surface area contributed by atoms with Crippen molar-refractivity contribution < 1.29 is 0 Å². The summed E-state index contributed by atoms with van der Waals surface area (Å²) in [5.41, 5.74) is 8.58. The van der Waals surface area contributed by atoms with Gasteiger partial charge in [-0.1, -0.05) is 36.6 Å². The second-order valence-corrected chi connectivity index (χ2v) is 4.99. The van der Waals surface area contributed by atoms with E-state index in [-0.39, 0.29) is 6.04 Å². The first-order chi connectivity index (χ1) is 7.18. The molecule has 1 unspecified atom stereocenters. The molecule has 0 spiro atoms. The molecule has 2 rings (SSSR count). The van der Waals surface area contributed by atoms with E-state index in [4.69, 9.17) is 17.3 Å². The standard InChI is InChI=1S/C13H18ClN/c1-9-6-7-11(8-12(9)14)13(15)10-4-2-3-5-10/h6-8,10,13H,2-5,15H2,1H3. The summed E-state index contributed by atoms with van der Waals surface area (Å²) in [7, 11) is 0. The molecule has 1 nitrogen and oxygen atoms in total. The predicted molar refractivity (Wildman–Crippen MR) is 65.1 cm³/mol. The van der Waals surface area contributed by atoms with E-state index in [9.17, 15) is 0 Å². The van der Waals surface area contributed by atoms with Crippen LogP contribution in [0.2, 0.25) is 5.02 Å². The normalized spacial score (nSPS) is 19.4. The molecular formula is C13H18ClN. The van der Waals surface area contributed by atoms with Gasteiger partial charge in [0.1, 0.15) is 0 Å². The van der Waals surface area contributed by atoms with Crippen LogP contribution in [-0.2, 0) is 0 Å². The van der Waals surface area contributed by atoms with E-state index in [0.29, 0.717) is 5.92 Å². The van der Waals surface area contributed by atoms with Crippen molar-refractivity contribution in [3.63, 3.8) is 0 Å². The average molecular weight is 224 g/mol. The highest BCUT2D eigenvalue weighted by molar-refractivity contribution is 6.31. The molecule has 1 fully saturated rings. The number of rotatable bonds is 2. The van der Waals surface area contributed by atoms with Crippen LogP contribution in [0.5, 0.6) is 0 Å². The molecule has 0 aliphatic heterocycles. The Bertz CT molecular complexity index is 342. The molecular weight excluding hydrogens is 206 g/mol. The van der Waals surface area contributed by atoms with Crippen LogP contribution < -0.4 is 5.73 Å². The summed E-state index contributed by atoms with van der Waals surface area (Å²) in [6.45, 7) is 2.02. The number of halogens is 1. The second kappa shape index (κ2) is 4.54. The number of nitrogens with two attached hydrogens (primary N) is 1.